The third-order valence-electron chi connectivity index (χ3n) is 2.96. The fourth-order valence-corrected chi connectivity index (χ4v) is 1.88. The number of amides is 1. The molecule has 2 rings (SSSR count). The molecule has 5 nitrogen and oxygen atoms in total. The first-order chi connectivity index (χ1) is 10.1. The molecule has 1 aromatic heterocycles. The molecule has 2 aromatic rings. The second-order valence-electron chi connectivity index (χ2n) is 4.69. The summed E-state index contributed by atoms with van der Waals surface area (Å²) in [7, 11) is 0. The van der Waals surface area contributed by atoms with Crippen molar-refractivity contribution >= 4 is 11.7 Å². The van der Waals surface area contributed by atoms with Crippen LogP contribution in [0.4, 0.5) is 10.2 Å². The van der Waals surface area contributed by atoms with E-state index < -0.39 is 0 Å². The monoisotopic (exact) mass is 291 g/mol. The van der Waals surface area contributed by atoms with E-state index in [4.69, 9.17) is 4.52 Å². The van der Waals surface area contributed by atoms with Gasteiger partial charge in [-0.3, -0.25) is 4.79 Å². The molecule has 0 aliphatic heterocycles. The Balaban J connectivity index is 1.63. The largest absolute Gasteiger partial charge is 0.367 e. The van der Waals surface area contributed by atoms with Crippen LogP contribution in [-0.4, -0.2) is 24.2 Å². The summed E-state index contributed by atoms with van der Waals surface area (Å²) in [6.45, 7) is 2.69. The SMILES string of the molecule is Cc1cc(NCCC(=O)NCCc2ccccc2F)no1. The van der Waals surface area contributed by atoms with Crippen LogP contribution in [0.5, 0.6) is 0 Å². The molecule has 0 aliphatic rings. The van der Waals surface area contributed by atoms with E-state index in [0.29, 0.717) is 43.1 Å². The Labute approximate surface area is 122 Å². The molecule has 0 fully saturated rings. The number of benzene rings is 1. The summed E-state index contributed by atoms with van der Waals surface area (Å²) < 4.78 is 18.3. The number of nitrogens with one attached hydrogen (secondary N) is 2. The summed E-state index contributed by atoms with van der Waals surface area (Å²) in [5.41, 5.74) is 0.606. The molecule has 0 bridgehead atoms. The average Bonchev–Trinajstić information content (AvgIpc) is 2.87. The minimum absolute atomic E-state index is 0.0842. The molecule has 112 valence electrons. The van der Waals surface area contributed by atoms with E-state index in [1.54, 1.807) is 31.2 Å². The third-order valence-corrected chi connectivity index (χ3v) is 2.96. The van der Waals surface area contributed by atoms with E-state index in [-0.39, 0.29) is 11.7 Å². The number of aromatic nitrogens is 1. The predicted molar refractivity (Wildman–Crippen MR) is 77.5 cm³/mol. The lowest BCUT2D eigenvalue weighted by molar-refractivity contribution is -0.120. The topological polar surface area (TPSA) is 67.2 Å². The third kappa shape index (κ3) is 4.91. The van der Waals surface area contributed by atoms with Gasteiger partial charge in [-0.05, 0) is 25.0 Å². The zero-order valence-electron chi connectivity index (χ0n) is 11.9. The summed E-state index contributed by atoms with van der Waals surface area (Å²) in [6, 6.07) is 8.33. The van der Waals surface area contributed by atoms with Crippen molar-refractivity contribution in [3.63, 3.8) is 0 Å². The van der Waals surface area contributed by atoms with E-state index >= 15 is 0 Å². The number of hydrogen-bond donors (Lipinski definition) is 2. The highest BCUT2D eigenvalue weighted by atomic mass is 19.1. The van der Waals surface area contributed by atoms with Crippen LogP contribution in [0.1, 0.15) is 17.7 Å². The summed E-state index contributed by atoms with van der Waals surface area (Å²) in [5.74, 6) is 1.01. The van der Waals surface area contributed by atoms with Crippen molar-refractivity contribution in [1.29, 1.82) is 0 Å². The van der Waals surface area contributed by atoms with E-state index in [1.807, 2.05) is 0 Å². The highest BCUT2D eigenvalue weighted by Gasteiger charge is 2.04. The Morgan fingerprint density at radius 3 is 2.86 bits per heavy atom. The summed E-state index contributed by atoms with van der Waals surface area (Å²) in [4.78, 5) is 11.6. The van der Waals surface area contributed by atoms with Crippen molar-refractivity contribution in [2.75, 3.05) is 18.4 Å². The van der Waals surface area contributed by atoms with Crippen LogP contribution in [-0.2, 0) is 11.2 Å². The van der Waals surface area contributed by atoms with Gasteiger partial charge in [0.15, 0.2) is 5.82 Å². The van der Waals surface area contributed by atoms with Crippen LogP contribution in [0.15, 0.2) is 34.9 Å². The number of hydrogen-bond acceptors (Lipinski definition) is 4. The van der Waals surface area contributed by atoms with Gasteiger partial charge in [0.1, 0.15) is 11.6 Å². The van der Waals surface area contributed by atoms with Crippen LogP contribution < -0.4 is 10.6 Å². The lowest BCUT2D eigenvalue weighted by Gasteiger charge is -2.06. The van der Waals surface area contributed by atoms with E-state index in [2.05, 4.69) is 15.8 Å². The first-order valence-corrected chi connectivity index (χ1v) is 6.82. The Kier molecular flexibility index (Phi) is 5.31. The molecule has 0 saturated carbocycles. The van der Waals surface area contributed by atoms with Gasteiger partial charge in [0.05, 0.1) is 0 Å². The normalized spacial score (nSPS) is 10.4. The number of anilines is 1. The minimum Gasteiger partial charge on any atom is -0.367 e. The minimum atomic E-state index is -0.241. The fourth-order valence-electron chi connectivity index (χ4n) is 1.88. The molecule has 0 unspecified atom stereocenters. The number of rotatable bonds is 7. The maximum Gasteiger partial charge on any atom is 0.221 e. The number of carbonyl (C=O) groups is 1. The van der Waals surface area contributed by atoms with Gasteiger partial charge in [-0.1, -0.05) is 23.4 Å². The number of carbonyl (C=O) groups excluding carboxylic acids is 1. The number of nitrogens with zero attached hydrogens (tertiary/aromatic N) is 1. The standard InChI is InChI=1S/C15H18FN3O2/c1-11-10-14(19-21-11)17-9-7-15(20)18-8-6-12-4-2-3-5-13(12)16/h2-5,10H,6-9H2,1H3,(H,17,19)(H,18,20). The highest BCUT2D eigenvalue weighted by Crippen LogP contribution is 2.07. The van der Waals surface area contributed by atoms with Crippen LogP contribution in [0.3, 0.4) is 0 Å². The maximum absolute atomic E-state index is 13.4. The lowest BCUT2D eigenvalue weighted by Crippen LogP contribution is -2.27. The second kappa shape index (κ2) is 7.42. The summed E-state index contributed by atoms with van der Waals surface area (Å²) in [6.07, 6.45) is 0.803. The zero-order chi connectivity index (χ0) is 15.1. The lowest BCUT2D eigenvalue weighted by atomic mass is 10.1. The molecule has 0 saturated heterocycles. The van der Waals surface area contributed by atoms with Crippen molar-refractivity contribution in [2.24, 2.45) is 0 Å². The van der Waals surface area contributed by atoms with Crippen molar-refractivity contribution in [3.05, 3.63) is 47.5 Å². The first kappa shape index (κ1) is 15.0. The van der Waals surface area contributed by atoms with Crippen molar-refractivity contribution in [2.45, 2.75) is 19.8 Å². The zero-order valence-corrected chi connectivity index (χ0v) is 11.9. The van der Waals surface area contributed by atoms with Crippen LogP contribution in [0.25, 0.3) is 0 Å². The molecule has 0 radical (unpaired) electrons. The maximum atomic E-state index is 13.4. The molecule has 1 heterocycles. The van der Waals surface area contributed by atoms with E-state index in [0.717, 1.165) is 0 Å². The van der Waals surface area contributed by atoms with Gasteiger partial charge in [0.2, 0.25) is 5.91 Å². The predicted octanol–water partition coefficient (Wildman–Crippen LogP) is 2.28. The smallest absolute Gasteiger partial charge is 0.221 e. The molecule has 6 heteroatoms. The van der Waals surface area contributed by atoms with Gasteiger partial charge in [-0.15, -0.1) is 0 Å². The van der Waals surface area contributed by atoms with Gasteiger partial charge >= 0.3 is 0 Å². The molecule has 0 atom stereocenters. The Bertz CT molecular complexity index is 598. The Morgan fingerprint density at radius 1 is 1.33 bits per heavy atom. The van der Waals surface area contributed by atoms with Gasteiger partial charge < -0.3 is 15.2 Å². The molecule has 21 heavy (non-hydrogen) atoms. The quantitative estimate of drug-likeness (QED) is 0.821. The molecule has 1 amide bonds. The average molecular weight is 291 g/mol. The van der Waals surface area contributed by atoms with Gasteiger partial charge in [0.25, 0.3) is 0 Å². The molecule has 2 N–H and O–H groups in total. The number of halogens is 1. The molecule has 0 spiro atoms. The van der Waals surface area contributed by atoms with Crippen molar-refractivity contribution < 1.29 is 13.7 Å². The van der Waals surface area contributed by atoms with Crippen LogP contribution >= 0.6 is 0 Å². The van der Waals surface area contributed by atoms with Crippen molar-refractivity contribution in [3.8, 4) is 0 Å². The van der Waals surface area contributed by atoms with Crippen LogP contribution in [0, 0.1) is 12.7 Å². The van der Waals surface area contributed by atoms with E-state index in [1.165, 1.54) is 6.07 Å². The molecular formula is C15H18FN3O2. The van der Waals surface area contributed by atoms with Gasteiger partial charge in [-0.2, -0.15) is 0 Å². The first-order valence-electron chi connectivity index (χ1n) is 6.82. The highest BCUT2D eigenvalue weighted by molar-refractivity contribution is 5.76. The number of aryl methyl sites for hydroxylation is 1. The van der Waals surface area contributed by atoms with Crippen LogP contribution in [0.2, 0.25) is 0 Å². The Morgan fingerprint density at radius 2 is 2.14 bits per heavy atom. The molecule has 0 aliphatic carbocycles. The molecular weight excluding hydrogens is 273 g/mol. The summed E-state index contributed by atoms with van der Waals surface area (Å²) >= 11 is 0. The summed E-state index contributed by atoms with van der Waals surface area (Å²) in [5, 5.41) is 9.51. The van der Waals surface area contributed by atoms with Gasteiger partial charge in [0, 0.05) is 25.6 Å². The van der Waals surface area contributed by atoms with Crippen molar-refractivity contribution in [1.82, 2.24) is 10.5 Å². The Hall–Kier alpha value is -2.37. The molecule has 1 aromatic carbocycles. The second-order valence-corrected chi connectivity index (χ2v) is 4.69. The van der Waals surface area contributed by atoms with E-state index in [9.17, 15) is 9.18 Å². The fraction of sp³-hybridized carbons (Fsp3) is 0.333. The van der Waals surface area contributed by atoms with Gasteiger partial charge in [-0.25, -0.2) is 4.39 Å².